The number of carboxylic acids is 1. The Bertz CT molecular complexity index is 340. The van der Waals surface area contributed by atoms with Gasteiger partial charge in [-0.15, -0.1) is 0 Å². The van der Waals surface area contributed by atoms with Crippen LogP contribution in [0.3, 0.4) is 0 Å². The fourth-order valence-electron chi connectivity index (χ4n) is 0.702. The average Bonchev–Trinajstić information content (AvgIpc) is 1.96. The summed E-state index contributed by atoms with van der Waals surface area (Å²) in [6.45, 7) is 1.78. The standard InChI is InChI=1S/C7H5ClINO2/c1-3-5(9)2-4(7(11)12)6(8)10-3/h2H,1H3,(H,11,12). The van der Waals surface area contributed by atoms with Crippen LogP contribution in [0.15, 0.2) is 6.07 Å². The molecule has 1 aromatic rings. The van der Waals surface area contributed by atoms with Crippen LogP contribution in [0.5, 0.6) is 0 Å². The summed E-state index contributed by atoms with van der Waals surface area (Å²) < 4.78 is 0.800. The van der Waals surface area contributed by atoms with Gasteiger partial charge in [-0.3, -0.25) is 0 Å². The topological polar surface area (TPSA) is 50.2 Å². The van der Waals surface area contributed by atoms with Gasteiger partial charge in [-0.05, 0) is 35.6 Å². The Morgan fingerprint density at radius 1 is 1.75 bits per heavy atom. The molecule has 0 fully saturated rings. The summed E-state index contributed by atoms with van der Waals surface area (Å²) in [4.78, 5) is 14.4. The van der Waals surface area contributed by atoms with Crippen molar-refractivity contribution in [3.05, 3.63) is 26.0 Å². The third-order valence-electron chi connectivity index (χ3n) is 1.34. The van der Waals surface area contributed by atoms with E-state index in [0.29, 0.717) is 0 Å². The summed E-state index contributed by atoms with van der Waals surface area (Å²) in [6, 6.07) is 1.51. The van der Waals surface area contributed by atoms with Crippen LogP contribution in [0.2, 0.25) is 5.15 Å². The van der Waals surface area contributed by atoms with Gasteiger partial charge in [0.15, 0.2) is 0 Å². The van der Waals surface area contributed by atoms with Gasteiger partial charge in [0, 0.05) is 3.57 Å². The van der Waals surface area contributed by atoms with E-state index in [9.17, 15) is 4.79 Å². The molecule has 12 heavy (non-hydrogen) atoms. The predicted octanol–water partition coefficient (Wildman–Crippen LogP) is 2.35. The van der Waals surface area contributed by atoms with Crippen molar-refractivity contribution in [3.8, 4) is 0 Å². The van der Waals surface area contributed by atoms with Crippen LogP contribution >= 0.6 is 34.2 Å². The summed E-state index contributed by atoms with van der Waals surface area (Å²) in [7, 11) is 0. The molecular formula is C7H5ClINO2. The van der Waals surface area contributed by atoms with Crippen LogP contribution in [0.4, 0.5) is 0 Å². The minimum atomic E-state index is -1.05. The zero-order valence-electron chi connectivity index (χ0n) is 6.14. The fraction of sp³-hybridized carbons (Fsp3) is 0.143. The molecule has 5 heteroatoms. The maximum Gasteiger partial charge on any atom is 0.338 e. The van der Waals surface area contributed by atoms with Crippen LogP contribution in [0.1, 0.15) is 16.1 Å². The van der Waals surface area contributed by atoms with Gasteiger partial charge in [0.05, 0.1) is 11.3 Å². The fourth-order valence-corrected chi connectivity index (χ4v) is 1.40. The van der Waals surface area contributed by atoms with Crippen LogP contribution in [-0.2, 0) is 0 Å². The van der Waals surface area contributed by atoms with Crippen molar-refractivity contribution < 1.29 is 9.90 Å². The van der Waals surface area contributed by atoms with Crippen LogP contribution in [0, 0.1) is 10.5 Å². The smallest absolute Gasteiger partial charge is 0.338 e. The first-order chi connectivity index (χ1) is 5.52. The third-order valence-corrected chi connectivity index (χ3v) is 2.72. The molecule has 0 aliphatic carbocycles. The molecule has 0 spiro atoms. The molecule has 0 aliphatic rings. The molecule has 0 aromatic carbocycles. The predicted molar refractivity (Wildman–Crippen MR) is 53.7 cm³/mol. The van der Waals surface area contributed by atoms with Gasteiger partial charge < -0.3 is 5.11 Å². The number of aryl methyl sites for hydroxylation is 1. The summed E-state index contributed by atoms with van der Waals surface area (Å²) in [6.07, 6.45) is 0. The Morgan fingerprint density at radius 2 is 2.33 bits per heavy atom. The minimum absolute atomic E-state index is 0.0421. The Balaban J connectivity index is 3.33. The van der Waals surface area contributed by atoms with Crippen LogP contribution in [-0.4, -0.2) is 16.1 Å². The Kier molecular flexibility index (Phi) is 2.89. The van der Waals surface area contributed by atoms with E-state index in [0.717, 1.165) is 9.26 Å². The second-order valence-corrected chi connectivity index (χ2v) is 3.72. The Morgan fingerprint density at radius 3 is 2.83 bits per heavy atom. The van der Waals surface area contributed by atoms with Crippen molar-refractivity contribution in [1.29, 1.82) is 0 Å². The molecule has 1 rings (SSSR count). The highest BCUT2D eigenvalue weighted by Crippen LogP contribution is 2.18. The van der Waals surface area contributed by atoms with E-state index in [1.807, 2.05) is 22.6 Å². The normalized spacial score (nSPS) is 9.92. The van der Waals surface area contributed by atoms with E-state index >= 15 is 0 Å². The summed E-state index contributed by atoms with van der Waals surface area (Å²) >= 11 is 7.62. The van der Waals surface area contributed by atoms with Gasteiger partial charge in [0.2, 0.25) is 0 Å². The SMILES string of the molecule is Cc1nc(Cl)c(C(=O)O)cc1I. The second-order valence-electron chi connectivity index (χ2n) is 2.20. The van der Waals surface area contributed by atoms with Crippen molar-refractivity contribution in [1.82, 2.24) is 4.98 Å². The second kappa shape index (κ2) is 3.57. The molecule has 1 heterocycles. The lowest BCUT2D eigenvalue weighted by Crippen LogP contribution is -2.01. The number of hydrogen-bond donors (Lipinski definition) is 1. The highest BCUT2D eigenvalue weighted by molar-refractivity contribution is 14.1. The zero-order valence-corrected chi connectivity index (χ0v) is 9.05. The highest BCUT2D eigenvalue weighted by Gasteiger charge is 2.11. The largest absolute Gasteiger partial charge is 0.478 e. The number of halogens is 2. The van der Waals surface area contributed by atoms with Gasteiger partial charge in [-0.2, -0.15) is 0 Å². The number of rotatable bonds is 1. The van der Waals surface area contributed by atoms with E-state index in [2.05, 4.69) is 4.98 Å². The number of aromatic carboxylic acids is 1. The number of aromatic nitrogens is 1. The number of pyridine rings is 1. The molecule has 3 nitrogen and oxygen atoms in total. The first kappa shape index (κ1) is 9.73. The number of carbonyl (C=O) groups is 1. The lowest BCUT2D eigenvalue weighted by molar-refractivity contribution is 0.0696. The van der Waals surface area contributed by atoms with E-state index < -0.39 is 5.97 Å². The van der Waals surface area contributed by atoms with Crippen molar-refractivity contribution in [2.75, 3.05) is 0 Å². The van der Waals surface area contributed by atoms with Gasteiger partial charge >= 0.3 is 5.97 Å². The summed E-state index contributed by atoms with van der Waals surface area (Å²) in [5.74, 6) is -1.05. The summed E-state index contributed by atoms with van der Waals surface area (Å²) in [5, 5.41) is 8.70. The zero-order chi connectivity index (χ0) is 9.30. The molecule has 0 aliphatic heterocycles. The third kappa shape index (κ3) is 1.87. The Hall–Kier alpha value is -0.360. The maximum absolute atomic E-state index is 10.6. The van der Waals surface area contributed by atoms with Gasteiger partial charge in [0.25, 0.3) is 0 Å². The lowest BCUT2D eigenvalue weighted by Gasteiger charge is -2.01. The molecule has 1 aromatic heterocycles. The molecule has 0 amide bonds. The van der Waals surface area contributed by atoms with Gasteiger partial charge in [-0.25, -0.2) is 9.78 Å². The van der Waals surface area contributed by atoms with E-state index in [-0.39, 0.29) is 10.7 Å². The van der Waals surface area contributed by atoms with E-state index in [1.54, 1.807) is 6.92 Å². The van der Waals surface area contributed by atoms with E-state index in [1.165, 1.54) is 6.07 Å². The van der Waals surface area contributed by atoms with Gasteiger partial charge in [0.1, 0.15) is 5.15 Å². The molecule has 0 unspecified atom stereocenters. The molecule has 64 valence electrons. The Labute approximate surface area is 87.9 Å². The minimum Gasteiger partial charge on any atom is -0.478 e. The van der Waals surface area contributed by atoms with Crippen molar-refractivity contribution in [2.24, 2.45) is 0 Å². The number of carboxylic acid groups (broad SMARTS) is 1. The maximum atomic E-state index is 10.6. The van der Waals surface area contributed by atoms with Crippen molar-refractivity contribution >= 4 is 40.2 Å². The van der Waals surface area contributed by atoms with Gasteiger partial charge in [-0.1, -0.05) is 11.6 Å². The average molecular weight is 297 g/mol. The molecule has 0 atom stereocenters. The van der Waals surface area contributed by atoms with Crippen molar-refractivity contribution in [3.63, 3.8) is 0 Å². The molecule has 0 bridgehead atoms. The van der Waals surface area contributed by atoms with E-state index in [4.69, 9.17) is 16.7 Å². The molecular weight excluding hydrogens is 292 g/mol. The van der Waals surface area contributed by atoms with Crippen LogP contribution in [0.25, 0.3) is 0 Å². The van der Waals surface area contributed by atoms with Crippen LogP contribution < -0.4 is 0 Å². The first-order valence-electron chi connectivity index (χ1n) is 3.08. The first-order valence-corrected chi connectivity index (χ1v) is 4.54. The molecule has 0 saturated carbocycles. The molecule has 0 saturated heterocycles. The highest BCUT2D eigenvalue weighted by atomic mass is 127. The number of hydrogen-bond acceptors (Lipinski definition) is 2. The quantitative estimate of drug-likeness (QED) is 0.639. The molecule has 0 radical (unpaired) electrons. The monoisotopic (exact) mass is 297 g/mol. The molecule has 1 N–H and O–H groups in total. The number of nitrogens with zero attached hydrogens (tertiary/aromatic N) is 1. The summed E-state index contributed by atoms with van der Waals surface area (Å²) in [5.41, 5.74) is 0.789. The lowest BCUT2D eigenvalue weighted by atomic mass is 10.2. The van der Waals surface area contributed by atoms with Crippen molar-refractivity contribution in [2.45, 2.75) is 6.92 Å².